The lowest BCUT2D eigenvalue weighted by atomic mass is 10.3. The van der Waals surface area contributed by atoms with Crippen LogP contribution in [0.4, 0.5) is 0 Å². The molecule has 2 heterocycles. The van der Waals surface area contributed by atoms with Crippen molar-refractivity contribution in [3.05, 3.63) is 23.2 Å². The number of fused-ring (bicyclic) bond motifs is 1. The molecule has 4 N–H and O–H groups in total. The SMILES string of the molecule is COc1ccnc2cc(C(=O)NCC(N)C(=O)O)sc12. The van der Waals surface area contributed by atoms with Gasteiger partial charge in [0.2, 0.25) is 0 Å². The Bertz CT molecular complexity index is 655. The molecule has 0 aliphatic carbocycles. The summed E-state index contributed by atoms with van der Waals surface area (Å²) in [5.41, 5.74) is 5.98. The molecular formula is C12H13N3O4S. The zero-order chi connectivity index (χ0) is 14.7. The maximum absolute atomic E-state index is 11.9. The Hall–Kier alpha value is -2.19. The molecule has 0 bridgehead atoms. The van der Waals surface area contributed by atoms with Crippen LogP contribution >= 0.6 is 11.3 Å². The van der Waals surface area contributed by atoms with E-state index in [-0.39, 0.29) is 12.5 Å². The van der Waals surface area contributed by atoms with Crippen molar-refractivity contribution in [2.45, 2.75) is 6.04 Å². The number of thiophene rings is 1. The Morgan fingerprint density at radius 2 is 2.35 bits per heavy atom. The summed E-state index contributed by atoms with van der Waals surface area (Å²) in [6.07, 6.45) is 1.59. The molecule has 0 fully saturated rings. The number of hydrogen-bond donors (Lipinski definition) is 3. The van der Waals surface area contributed by atoms with E-state index in [1.54, 1.807) is 25.4 Å². The maximum Gasteiger partial charge on any atom is 0.322 e. The number of nitrogens with two attached hydrogens (primary N) is 1. The number of aromatic nitrogens is 1. The number of methoxy groups -OCH3 is 1. The third-order valence-electron chi connectivity index (χ3n) is 2.62. The van der Waals surface area contributed by atoms with Crippen LogP contribution in [0, 0.1) is 0 Å². The van der Waals surface area contributed by atoms with Gasteiger partial charge >= 0.3 is 5.97 Å². The zero-order valence-corrected chi connectivity index (χ0v) is 11.4. The average Bonchev–Trinajstić information content (AvgIpc) is 2.87. The second kappa shape index (κ2) is 5.85. The molecule has 0 aliphatic rings. The third kappa shape index (κ3) is 2.86. The van der Waals surface area contributed by atoms with Gasteiger partial charge in [0.25, 0.3) is 5.91 Å². The van der Waals surface area contributed by atoms with Crippen molar-refractivity contribution in [2.75, 3.05) is 13.7 Å². The topological polar surface area (TPSA) is 115 Å². The van der Waals surface area contributed by atoms with Gasteiger partial charge in [-0.1, -0.05) is 0 Å². The summed E-state index contributed by atoms with van der Waals surface area (Å²) in [5.74, 6) is -0.905. The summed E-state index contributed by atoms with van der Waals surface area (Å²) >= 11 is 1.23. The minimum atomic E-state index is -1.16. The fraction of sp³-hybridized carbons (Fsp3) is 0.250. The van der Waals surface area contributed by atoms with Crippen LogP contribution in [0.2, 0.25) is 0 Å². The fourth-order valence-electron chi connectivity index (χ4n) is 1.56. The van der Waals surface area contributed by atoms with Crippen LogP contribution in [0.25, 0.3) is 10.2 Å². The number of hydrogen-bond acceptors (Lipinski definition) is 6. The Morgan fingerprint density at radius 3 is 3.00 bits per heavy atom. The largest absolute Gasteiger partial charge is 0.495 e. The first-order valence-electron chi connectivity index (χ1n) is 5.72. The van der Waals surface area contributed by atoms with Crippen molar-refractivity contribution in [3.63, 3.8) is 0 Å². The van der Waals surface area contributed by atoms with Gasteiger partial charge < -0.3 is 20.9 Å². The Kier molecular flexibility index (Phi) is 4.16. The van der Waals surface area contributed by atoms with Gasteiger partial charge in [-0.2, -0.15) is 0 Å². The van der Waals surface area contributed by atoms with Crippen molar-refractivity contribution >= 4 is 33.4 Å². The monoisotopic (exact) mass is 295 g/mol. The Morgan fingerprint density at radius 1 is 1.60 bits per heavy atom. The first kappa shape index (κ1) is 14.2. The van der Waals surface area contributed by atoms with Crippen LogP contribution in [0.15, 0.2) is 18.3 Å². The standard InChI is InChI=1S/C12H13N3O4S/c1-19-8-2-3-14-7-4-9(20-10(7)8)11(16)15-5-6(13)12(17)18/h2-4,6H,5,13H2,1H3,(H,15,16)(H,17,18). The lowest BCUT2D eigenvalue weighted by Crippen LogP contribution is -2.42. The summed E-state index contributed by atoms with van der Waals surface area (Å²) in [6.45, 7) is -0.132. The number of carbonyl (C=O) groups is 2. The number of nitrogens with one attached hydrogen (secondary N) is 1. The second-order valence-electron chi connectivity index (χ2n) is 3.99. The van der Waals surface area contributed by atoms with Gasteiger partial charge in [0.15, 0.2) is 0 Å². The van der Waals surface area contributed by atoms with E-state index in [4.69, 9.17) is 15.6 Å². The third-order valence-corrected chi connectivity index (χ3v) is 3.76. The molecule has 8 heteroatoms. The van der Waals surface area contributed by atoms with Gasteiger partial charge in [-0.05, 0) is 12.1 Å². The minimum Gasteiger partial charge on any atom is -0.495 e. The Balaban J connectivity index is 2.17. The first-order valence-corrected chi connectivity index (χ1v) is 6.53. The first-order chi connectivity index (χ1) is 9.52. The predicted molar refractivity (Wildman–Crippen MR) is 74.1 cm³/mol. The molecule has 0 spiro atoms. The predicted octanol–water partition coefficient (Wildman–Crippen LogP) is 0.447. The molecule has 0 saturated carbocycles. The van der Waals surface area contributed by atoms with E-state index in [1.165, 1.54) is 11.3 Å². The number of aliphatic carboxylic acids is 1. The maximum atomic E-state index is 11.9. The number of pyridine rings is 1. The minimum absolute atomic E-state index is 0.132. The van der Waals surface area contributed by atoms with Crippen LogP contribution in [-0.2, 0) is 4.79 Å². The number of nitrogens with zero attached hydrogens (tertiary/aromatic N) is 1. The lowest BCUT2D eigenvalue weighted by molar-refractivity contribution is -0.138. The highest BCUT2D eigenvalue weighted by Crippen LogP contribution is 2.31. The smallest absolute Gasteiger partial charge is 0.322 e. The zero-order valence-electron chi connectivity index (χ0n) is 10.6. The number of rotatable bonds is 5. The van der Waals surface area contributed by atoms with Crippen LogP contribution in [0.5, 0.6) is 5.75 Å². The van der Waals surface area contributed by atoms with Crippen molar-refractivity contribution in [1.82, 2.24) is 10.3 Å². The van der Waals surface area contributed by atoms with E-state index in [2.05, 4.69) is 10.3 Å². The van der Waals surface area contributed by atoms with E-state index in [0.717, 1.165) is 4.70 Å². The van der Waals surface area contributed by atoms with E-state index in [0.29, 0.717) is 16.1 Å². The quantitative estimate of drug-likeness (QED) is 0.737. The molecule has 2 aromatic rings. The van der Waals surface area contributed by atoms with Crippen LogP contribution in [0.1, 0.15) is 9.67 Å². The Labute approximate surface area is 118 Å². The van der Waals surface area contributed by atoms with Crippen LogP contribution in [-0.4, -0.2) is 41.7 Å². The summed E-state index contributed by atoms with van der Waals surface area (Å²) in [5, 5.41) is 11.1. The van der Waals surface area contributed by atoms with E-state index in [1.807, 2.05) is 0 Å². The highest BCUT2D eigenvalue weighted by atomic mass is 32.1. The molecular weight excluding hydrogens is 282 g/mol. The molecule has 0 saturated heterocycles. The second-order valence-corrected chi connectivity index (χ2v) is 5.05. The summed E-state index contributed by atoms with van der Waals surface area (Å²) in [7, 11) is 1.54. The molecule has 0 aromatic carbocycles. The average molecular weight is 295 g/mol. The van der Waals surface area contributed by atoms with Crippen molar-refractivity contribution in [1.29, 1.82) is 0 Å². The normalized spacial score (nSPS) is 12.1. The van der Waals surface area contributed by atoms with Gasteiger partial charge in [0.05, 0.1) is 22.2 Å². The highest BCUT2D eigenvalue weighted by molar-refractivity contribution is 7.21. The number of carboxylic acids is 1. The number of carboxylic acid groups (broad SMARTS) is 1. The van der Waals surface area contributed by atoms with Crippen LogP contribution < -0.4 is 15.8 Å². The van der Waals surface area contributed by atoms with Gasteiger partial charge in [-0.3, -0.25) is 14.6 Å². The highest BCUT2D eigenvalue weighted by Gasteiger charge is 2.16. The lowest BCUT2D eigenvalue weighted by Gasteiger charge is -2.06. The fourth-order valence-corrected chi connectivity index (χ4v) is 2.59. The molecule has 2 aromatic heterocycles. The van der Waals surface area contributed by atoms with Gasteiger partial charge in [0, 0.05) is 12.7 Å². The molecule has 20 heavy (non-hydrogen) atoms. The van der Waals surface area contributed by atoms with E-state index < -0.39 is 12.0 Å². The van der Waals surface area contributed by atoms with Crippen LogP contribution in [0.3, 0.4) is 0 Å². The molecule has 0 radical (unpaired) electrons. The van der Waals surface area contributed by atoms with Gasteiger partial charge in [0.1, 0.15) is 11.8 Å². The molecule has 1 amide bonds. The summed E-state index contributed by atoms with van der Waals surface area (Å²) < 4.78 is 5.96. The number of carbonyl (C=O) groups excluding carboxylic acids is 1. The summed E-state index contributed by atoms with van der Waals surface area (Å²) in [4.78, 5) is 27.1. The number of ether oxygens (including phenoxy) is 1. The number of amides is 1. The van der Waals surface area contributed by atoms with Gasteiger partial charge in [-0.15, -0.1) is 11.3 Å². The molecule has 1 atom stereocenters. The van der Waals surface area contributed by atoms with E-state index in [9.17, 15) is 9.59 Å². The van der Waals surface area contributed by atoms with Gasteiger partial charge in [-0.25, -0.2) is 0 Å². The molecule has 7 nitrogen and oxygen atoms in total. The van der Waals surface area contributed by atoms with Crippen molar-refractivity contribution in [2.24, 2.45) is 5.73 Å². The summed E-state index contributed by atoms with van der Waals surface area (Å²) in [6, 6.07) is 2.21. The molecule has 2 rings (SSSR count). The van der Waals surface area contributed by atoms with Crippen molar-refractivity contribution in [3.8, 4) is 5.75 Å². The molecule has 106 valence electrons. The molecule has 0 aliphatic heterocycles. The molecule has 1 unspecified atom stereocenters. The van der Waals surface area contributed by atoms with E-state index >= 15 is 0 Å². The van der Waals surface area contributed by atoms with Crippen molar-refractivity contribution < 1.29 is 19.4 Å².